The Morgan fingerprint density at radius 2 is 2.07 bits per heavy atom. The summed E-state index contributed by atoms with van der Waals surface area (Å²) in [5.74, 6) is 0.786. The van der Waals surface area contributed by atoms with Crippen LogP contribution in [0.1, 0.15) is 11.8 Å². The van der Waals surface area contributed by atoms with Crippen LogP contribution >= 0.6 is 15.9 Å². The Bertz CT molecular complexity index is 1400. The third-order valence-corrected chi connectivity index (χ3v) is 5.57. The summed E-state index contributed by atoms with van der Waals surface area (Å²) in [5, 5.41) is 1.63. The van der Waals surface area contributed by atoms with E-state index < -0.39 is 0 Å². The molecule has 0 radical (unpaired) electrons. The van der Waals surface area contributed by atoms with Crippen molar-refractivity contribution >= 4 is 37.8 Å². The van der Waals surface area contributed by atoms with Crippen molar-refractivity contribution in [2.24, 2.45) is 7.05 Å². The highest BCUT2D eigenvalue weighted by Gasteiger charge is 2.25. The lowest BCUT2D eigenvalue weighted by Crippen LogP contribution is -2.28. The van der Waals surface area contributed by atoms with Crippen molar-refractivity contribution in [3.8, 4) is 0 Å². The summed E-state index contributed by atoms with van der Waals surface area (Å²) < 4.78 is 12.8. The zero-order valence-corrected chi connectivity index (χ0v) is 17.3. The number of fused-ring (bicyclic) bond motifs is 2. The number of rotatable bonds is 4. The highest BCUT2D eigenvalue weighted by molar-refractivity contribution is 9.10. The van der Waals surface area contributed by atoms with Crippen LogP contribution in [0.15, 0.2) is 87.3 Å². The maximum Gasteiger partial charge on any atom is 0.261 e. The minimum absolute atomic E-state index is 0.0593. The molecule has 29 heavy (non-hydrogen) atoms. The Balaban J connectivity index is 1.63. The van der Waals surface area contributed by atoms with E-state index in [0.29, 0.717) is 17.4 Å². The van der Waals surface area contributed by atoms with Gasteiger partial charge in [0.05, 0.1) is 30.8 Å². The number of aromatic nitrogens is 4. The van der Waals surface area contributed by atoms with Gasteiger partial charge in [0.2, 0.25) is 6.33 Å². The van der Waals surface area contributed by atoms with Crippen molar-refractivity contribution in [3.05, 3.63) is 94.2 Å². The van der Waals surface area contributed by atoms with Crippen LogP contribution in [0.5, 0.6) is 0 Å². The lowest BCUT2D eigenvalue weighted by Gasteiger charge is -2.13. The summed E-state index contributed by atoms with van der Waals surface area (Å²) >= 11 is 3.51. The Morgan fingerprint density at radius 1 is 1.21 bits per heavy atom. The molecule has 1 unspecified atom stereocenters. The van der Waals surface area contributed by atoms with E-state index in [1.807, 2.05) is 83.4 Å². The number of aryl methyl sites for hydroxylation is 1. The molecule has 0 aliphatic rings. The molecular weight excluding hydrogens is 432 g/mol. The predicted molar refractivity (Wildman–Crippen MR) is 114 cm³/mol. The largest absolute Gasteiger partial charge is 0.456 e. The SMILES string of the molecule is C[n+]1ccn(C(Cn2cnc3ccccc3c2=O)c2cc3cc(Br)ccc3o2)c1. The predicted octanol–water partition coefficient (Wildman–Crippen LogP) is 3.82. The Kier molecular flexibility index (Phi) is 4.32. The van der Waals surface area contributed by atoms with E-state index in [4.69, 9.17) is 4.42 Å². The molecule has 2 aromatic carbocycles. The van der Waals surface area contributed by atoms with Crippen LogP contribution in [-0.2, 0) is 13.6 Å². The van der Waals surface area contributed by atoms with Gasteiger partial charge in [0.25, 0.3) is 5.56 Å². The van der Waals surface area contributed by atoms with Crippen molar-refractivity contribution in [3.63, 3.8) is 0 Å². The van der Waals surface area contributed by atoms with Crippen LogP contribution in [0.25, 0.3) is 21.9 Å². The number of nitrogens with zero attached hydrogens (tertiary/aromatic N) is 4. The second-order valence-corrected chi connectivity index (χ2v) is 8.01. The van der Waals surface area contributed by atoms with E-state index in [-0.39, 0.29) is 11.6 Å². The fourth-order valence-corrected chi connectivity index (χ4v) is 3.99. The minimum Gasteiger partial charge on any atom is -0.456 e. The number of benzene rings is 2. The summed E-state index contributed by atoms with van der Waals surface area (Å²) in [4.78, 5) is 17.5. The number of hydrogen-bond acceptors (Lipinski definition) is 3. The van der Waals surface area contributed by atoms with Gasteiger partial charge in [-0.2, -0.15) is 0 Å². The third kappa shape index (κ3) is 3.27. The average molecular weight is 450 g/mol. The molecular formula is C22H18BrN4O2+. The second-order valence-electron chi connectivity index (χ2n) is 7.09. The summed E-state index contributed by atoms with van der Waals surface area (Å²) in [5.41, 5.74) is 1.45. The summed E-state index contributed by atoms with van der Waals surface area (Å²) in [6, 6.07) is 15.2. The number of hydrogen-bond donors (Lipinski definition) is 0. The monoisotopic (exact) mass is 449 g/mol. The normalized spacial score (nSPS) is 12.6. The van der Waals surface area contributed by atoms with E-state index >= 15 is 0 Å². The zero-order valence-electron chi connectivity index (χ0n) is 15.7. The van der Waals surface area contributed by atoms with E-state index in [1.165, 1.54) is 0 Å². The van der Waals surface area contributed by atoms with Crippen molar-refractivity contribution in [2.75, 3.05) is 0 Å². The first-order chi connectivity index (χ1) is 14.1. The molecule has 144 valence electrons. The summed E-state index contributed by atoms with van der Waals surface area (Å²) in [6.07, 6.45) is 7.54. The van der Waals surface area contributed by atoms with Gasteiger partial charge in [-0.05, 0) is 36.4 Å². The molecule has 5 aromatic rings. The molecule has 0 N–H and O–H groups in total. The lowest BCUT2D eigenvalue weighted by atomic mass is 10.2. The molecule has 0 amide bonds. The molecule has 0 aliphatic heterocycles. The van der Waals surface area contributed by atoms with Crippen LogP contribution in [-0.4, -0.2) is 14.1 Å². The third-order valence-electron chi connectivity index (χ3n) is 5.08. The smallest absolute Gasteiger partial charge is 0.261 e. The van der Waals surface area contributed by atoms with E-state index in [9.17, 15) is 4.79 Å². The molecule has 3 aromatic heterocycles. The van der Waals surface area contributed by atoms with Gasteiger partial charge in [-0.3, -0.25) is 9.36 Å². The average Bonchev–Trinajstić information content (AvgIpc) is 3.33. The summed E-state index contributed by atoms with van der Waals surface area (Å²) in [7, 11) is 1.97. The van der Waals surface area contributed by atoms with Crippen LogP contribution in [0.4, 0.5) is 0 Å². The van der Waals surface area contributed by atoms with Crippen molar-refractivity contribution < 1.29 is 8.98 Å². The maximum atomic E-state index is 13.0. The molecule has 7 heteroatoms. The molecule has 0 aliphatic carbocycles. The molecule has 3 heterocycles. The number of imidazole rings is 1. The minimum atomic E-state index is -0.192. The van der Waals surface area contributed by atoms with Crippen LogP contribution in [0, 0.1) is 0 Å². The van der Waals surface area contributed by atoms with Crippen LogP contribution in [0.2, 0.25) is 0 Å². The number of para-hydroxylation sites is 1. The Hall–Kier alpha value is -3.19. The molecule has 0 spiro atoms. The Labute approximate surface area is 174 Å². The van der Waals surface area contributed by atoms with Crippen molar-refractivity contribution in [1.82, 2.24) is 14.1 Å². The molecule has 0 bridgehead atoms. The fourth-order valence-electron chi connectivity index (χ4n) is 3.61. The Morgan fingerprint density at radius 3 is 2.90 bits per heavy atom. The lowest BCUT2D eigenvalue weighted by molar-refractivity contribution is -0.671. The standard InChI is InChI=1S/C22H18BrN4O2/c1-25-8-9-26(14-25)19(21-11-15-10-16(23)6-7-20(15)29-21)12-27-13-24-18-5-3-2-4-17(18)22(27)28/h2-11,13-14,19H,12H2,1H3/q+1. The first-order valence-corrected chi connectivity index (χ1v) is 10.0. The first-order valence-electron chi connectivity index (χ1n) is 9.24. The molecule has 6 nitrogen and oxygen atoms in total. The topological polar surface area (TPSA) is 56.8 Å². The van der Waals surface area contributed by atoms with E-state index in [2.05, 4.69) is 20.9 Å². The van der Waals surface area contributed by atoms with E-state index in [0.717, 1.165) is 21.2 Å². The van der Waals surface area contributed by atoms with E-state index in [1.54, 1.807) is 10.9 Å². The quantitative estimate of drug-likeness (QED) is 0.392. The van der Waals surface area contributed by atoms with Crippen molar-refractivity contribution in [2.45, 2.75) is 12.6 Å². The second kappa shape index (κ2) is 7.00. The van der Waals surface area contributed by atoms with Crippen molar-refractivity contribution in [1.29, 1.82) is 0 Å². The summed E-state index contributed by atoms with van der Waals surface area (Å²) in [6.45, 7) is 0.409. The van der Waals surface area contributed by atoms with Gasteiger partial charge < -0.3 is 4.42 Å². The molecule has 1 atom stereocenters. The number of halogens is 1. The van der Waals surface area contributed by atoms with Crippen LogP contribution in [0.3, 0.4) is 0 Å². The van der Waals surface area contributed by atoms with Crippen LogP contribution < -0.4 is 10.1 Å². The van der Waals surface area contributed by atoms with Gasteiger partial charge in [-0.25, -0.2) is 14.1 Å². The first kappa shape index (κ1) is 17.9. The highest BCUT2D eigenvalue weighted by atomic mass is 79.9. The van der Waals surface area contributed by atoms with Gasteiger partial charge in [0.15, 0.2) is 11.8 Å². The highest BCUT2D eigenvalue weighted by Crippen LogP contribution is 2.29. The molecule has 0 saturated carbocycles. The number of furan rings is 1. The van der Waals surface area contributed by atoms with Gasteiger partial charge in [0, 0.05) is 9.86 Å². The van der Waals surface area contributed by atoms with Gasteiger partial charge >= 0.3 is 0 Å². The van der Waals surface area contributed by atoms with Gasteiger partial charge in [0.1, 0.15) is 18.0 Å². The van der Waals surface area contributed by atoms with Gasteiger partial charge in [-0.1, -0.05) is 28.1 Å². The van der Waals surface area contributed by atoms with Gasteiger partial charge in [-0.15, -0.1) is 0 Å². The fraction of sp³-hybridized carbons (Fsp3) is 0.136. The zero-order chi connectivity index (χ0) is 20.0. The molecule has 0 saturated heterocycles. The molecule has 5 rings (SSSR count). The molecule has 0 fully saturated rings. The maximum absolute atomic E-state index is 13.0.